The predicted octanol–water partition coefficient (Wildman–Crippen LogP) is 1.88. The van der Waals surface area contributed by atoms with Crippen LogP contribution in [-0.4, -0.2) is 17.3 Å². The Kier molecular flexibility index (Phi) is 2.55. The van der Waals surface area contributed by atoms with Gasteiger partial charge >= 0.3 is 0 Å². The fraction of sp³-hybridized carbons (Fsp3) is 0.200. The third-order valence-electron chi connectivity index (χ3n) is 1.76. The van der Waals surface area contributed by atoms with E-state index in [2.05, 4.69) is 10.1 Å². The maximum Gasteiger partial charge on any atom is 0.258 e. The molecule has 4 nitrogen and oxygen atoms in total. The van der Waals surface area contributed by atoms with E-state index in [1.54, 1.807) is 7.11 Å². The second-order valence-electron chi connectivity index (χ2n) is 2.81. The second-order valence-corrected chi connectivity index (χ2v) is 2.81. The molecule has 0 saturated carbocycles. The molecule has 0 aliphatic heterocycles. The van der Waals surface area contributed by atoms with Gasteiger partial charge in [0.1, 0.15) is 6.61 Å². The number of hydrogen-bond acceptors (Lipinski definition) is 4. The zero-order valence-corrected chi connectivity index (χ0v) is 7.80. The van der Waals surface area contributed by atoms with Gasteiger partial charge in [0.05, 0.1) is 0 Å². The van der Waals surface area contributed by atoms with Gasteiger partial charge in [0.2, 0.25) is 0 Å². The molecule has 0 aliphatic rings. The number of ether oxygens (including phenoxy) is 1. The van der Waals surface area contributed by atoms with Crippen LogP contribution in [0, 0.1) is 0 Å². The van der Waals surface area contributed by atoms with Gasteiger partial charge in [0.15, 0.2) is 5.82 Å². The minimum atomic E-state index is 0.371. The molecule has 0 radical (unpaired) electrons. The smallest absolute Gasteiger partial charge is 0.258 e. The summed E-state index contributed by atoms with van der Waals surface area (Å²) >= 11 is 0. The van der Waals surface area contributed by atoms with Gasteiger partial charge in [-0.25, -0.2) is 0 Å². The minimum Gasteiger partial charge on any atom is -0.377 e. The van der Waals surface area contributed by atoms with Crippen molar-refractivity contribution < 1.29 is 9.26 Å². The Labute approximate surface area is 81.5 Å². The zero-order chi connectivity index (χ0) is 9.80. The third-order valence-corrected chi connectivity index (χ3v) is 1.76. The fourth-order valence-corrected chi connectivity index (χ4v) is 1.14. The normalized spacial score (nSPS) is 10.4. The molecule has 72 valence electrons. The summed E-state index contributed by atoms with van der Waals surface area (Å²) in [6.45, 7) is 0.371. The van der Waals surface area contributed by atoms with Gasteiger partial charge in [0.25, 0.3) is 5.89 Å². The first-order valence-corrected chi connectivity index (χ1v) is 4.27. The van der Waals surface area contributed by atoms with Gasteiger partial charge < -0.3 is 9.26 Å². The zero-order valence-electron chi connectivity index (χ0n) is 7.80. The first kappa shape index (κ1) is 8.90. The number of rotatable bonds is 3. The van der Waals surface area contributed by atoms with Crippen LogP contribution in [0.2, 0.25) is 0 Å². The molecular weight excluding hydrogens is 180 g/mol. The minimum absolute atomic E-state index is 0.371. The van der Waals surface area contributed by atoms with Gasteiger partial charge in [-0.2, -0.15) is 4.98 Å². The van der Waals surface area contributed by atoms with Crippen molar-refractivity contribution in [1.82, 2.24) is 10.1 Å². The maximum absolute atomic E-state index is 5.06. The molecule has 0 unspecified atom stereocenters. The van der Waals surface area contributed by atoms with Gasteiger partial charge in [0, 0.05) is 12.7 Å². The van der Waals surface area contributed by atoms with E-state index in [0.717, 1.165) is 5.56 Å². The summed E-state index contributed by atoms with van der Waals surface area (Å²) in [5, 5.41) is 3.77. The lowest BCUT2D eigenvalue weighted by Gasteiger charge is -1.90. The molecular formula is C10H10N2O2. The van der Waals surface area contributed by atoms with Gasteiger partial charge in [-0.3, -0.25) is 0 Å². The molecule has 4 heteroatoms. The molecule has 0 bridgehead atoms. The van der Waals surface area contributed by atoms with E-state index in [1.165, 1.54) is 0 Å². The molecule has 0 atom stereocenters. The highest BCUT2D eigenvalue weighted by Gasteiger charge is 2.06. The maximum atomic E-state index is 5.06. The van der Waals surface area contributed by atoms with Gasteiger partial charge in [-0.15, -0.1) is 0 Å². The topological polar surface area (TPSA) is 48.2 Å². The van der Waals surface area contributed by atoms with Crippen LogP contribution in [0.25, 0.3) is 11.5 Å². The van der Waals surface area contributed by atoms with Crippen molar-refractivity contribution in [2.45, 2.75) is 6.61 Å². The first-order valence-electron chi connectivity index (χ1n) is 4.27. The van der Waals surface area contributed by atoms with Crippen LogP contribution in [0.15, 0.2) is 34.9 Å². The summed E-state index contributed by atoms with van der Waals surface area (Å²) in [6.07, 6.45) is 0. The molecule has 0 spiro atoms. The van der Waals surface area contributed by atoms with Crippen LogP contribution >= 0.6 is 0 Å². The van der Waals surface area contributed by atoms with E-state index < -0.39 is 0 Å². The largest absolute Gasteiger partial charge is 0.377 e. The molecule has 1 aromatic heterocycles. The Morgan fingerprint density at radius 3 is 2.79 bits per heavy atom. The number of aromatic nitrogens is 2. The van der Waals surface area contributed by atoms with Crippen molar-refractivity contribution in [2.75, 3.05) is 7.11 Å². The highest BCUT2D eigenvalue weighted by molar-refractivity contribution is 5.51. The van der Waals surface area contributed by atoms with E-state index >= 15 is 0 Å². The Balaban J connectivity index is 2.25. The summed E-state index contributed by atoms with van der Waals surface area (Å²) in [5.74, 6) is 1.09. The molecule has 0 N–H and O–H groups in total. The lowest BCUT2D eigenvalue weighted by atomic mass is 10.2. The lowest BCUT2D eigenvalue weighted by Crippen LogP contribution is -1.89. The molecule has 0 aliphatic carbocycles. The average molecular weight is 190 g/mol. The van der Waals surface area contributed by atoms with Crippen LogP contribution in [0.4, 0.5) is 0 Å². The van der Waals surface area contributed by atoms with Gasteiger partial charge in [-0.05, 0) is 12.1 Å². The molecule has 0 saturated heterocycles. The van der Waals surface area contributed by atoms with Crippen molar-refractivity contribution in [3.05, 3.63) is 36.2 Å². The van der Waals surface area contributed by atoms with Crippen molar-refractivity contribution in [3.8, 4) is 11.5 Å². The standard InChI is InChI=1S/C10H10N2O2/c1-13-7-9-11-10(14-12-9)8-5-3-2-4-6-8/h2-6H,7H2,1H3. The van der Waals surface area contributed by atoms with Crippen LogP contribution in [-0.2, 0) is 11.3 Å². The van der Waals surface area contributed by atoms with Gasteiger partial charge in [-0.1, -0.05) is 23.4 Å². The van der Waals surface area contributed by atoms with Crippen LogP contribution < -0.4 is 0 Å². The van der Waals surface area contributed by atoms with E-state index in [9.17, 15) is 0 Å². The van der Waals surface area contributed by atoms with E-state index in [0.29, 0.717) is 18.3 Å². The van der Waals surface area contributed by atoms with E-state index in [-0.39, 0.29) is 0 Å². The molecule has 2 aromatic rings. The Morgan fingerprint density at radius 2 is 2.07 bits per heavy atom. The third kappa shape index (κ3) is 1.80. The van der Waals surface area contributed by atoms with Crippen molar-refractivity contribution in [1.29, 1.82) is 0 Å². The van der Waals surface area contributed by atoms with E-state index in [1.807, 2.05) is 30.3 Å². The fourth-order valence-electron chi connectivity index (χ4n) is 1.14. The Morgan fingerprint density at radius 1 is 1.29 bits per heavy atom. The molecule has 0 fully saturated rings. The molecule has 14 heavy (non-hydrogen) atoms. The summed E-state index contributed by atoms with van der Waals surface area (Å²) in [7, 11) is 1.60. The van der Waals surface area contributed by atoms with E-state index in [4.69, 9.17) is 9.26 Å². The highest BCUT2D eigenvalue weighted by atomic mass is 16.5. The summed E-state index contributed by atoms with van der Waals surface area (Å²) in [4.78, 5) is 4.17. The molecule has 1 heterocycles. The Hall–Kier alpha value is -1.68. The molecule has 0 amide bonds. The second kappa shape index (κ2) is 4.02. The summed E-state index contributed by atoms with van der Waals surface area (Å²) < 4.78 is 9.95. The quantitative estimate of drug-likeness (QED) is 0.741. The number of nitrogens with zero attached hydrogens (tertiary/aromatic N) is 2. The SMILES string of the molecule is COCc1noc(-c2ccccc2)n1. The van der Waals surface area contributed by atoms with Crippen molar-refractivity contribution >= 4 is 0 Å². The monoisotopic (exact) mass is 190 g/mol. The predicted molar refractivity (Wildman–Crippen MR) is 50.4 cm³/mol. The van der Waals surface area contributed by atoms with Crippen molar-refractivity contribution in [2.24, 2.45) is 0 Å². The molecule has 2 rings (SSSR count). The summed E-state index contributed by atoms with van der Waals surface area (Å²) in [6, 6.07) is 9.63. The highest BCUT2D eigenvalue weighted by Crippen LogP contribution is 2.15. The number of benzene rings is 1. The number of methoxy groups -OCH3 is 1. The Bertz CT molecular complexity index is 398. The van der Waals surface area contributed by atoms with Crippen LogP contribution in [0.3, 0.4) is 0 Å². The first-order chi connectivity index (χ1) is 6.90. The summed E-state index contributed by atoms with van der Waals surface area (Å²) in [5.41, 5.74) is 0.919. The van der Waals surface area contributed by atoms with Crippen LogP contribution in [0.5, 0.6) is 0 Å². The average Bonchev–Trinajstić information content (AvgIpc) is 2.68. The lowest BCUT2D eigenvalue weighted by molar-refractivity contribution is 0.174. The molecule has 1 aromatic carbocycles. The van der Waals surface area contributed by atoms with Crippen molar-refractivity contribution in [3.63, 3.8) is 0 Å². The number of hydrogen-bond donors (Lipinski definition) is 0. The van der Waals surface area contributed by atoms with Crippen LogP contribution in [0.1, 0.15) is 5.82 Å².